The molecule has 0 aliphatic rings. The second-order valence-corrected chi connectivity index (χ2v) is 22.8. The monoisotopic (exact) mass is 714 g/mol. The molecule has 0 saturated heterocycles. The quantitative estimate of drug-likeness (QED) is 0.0737. The van der Waals surface area contributed by atoms with E-state index in [0.717, 1.165) is 51.7 Å². The van der Waals surface area contributed by atoms with Crippen LogP contribution in [0.2, 0.25) is 10.1 Å². The van der Waals surface area contributed by atoms with Crippen LogP contribution in [0.3, 0.4) is 0 Å². The van der Waals surface area contributed by atoms with E-state index >= 15 is 0 Å². The number of unbranched alkanes of at least 4 members (excludes halogenated alkanes) is 4. The smallest absolute Gasteiger partial charge is 0.407 e. The first-order chi connectivity index (χ1) is 22.0. The van der Waals surface area contributed by atoms with Gasteiger partial charge in [-0.1, -0.05) is 176 Å². The van der Waals surface area contributed by atoms with Crippen LogP contribution in [0.25, 0.3) is 0 Å². The SMILES string of the molecule is [CH2-]CCCCO[Si](c1ccccc1)(c1ccccc1)C(C)(C)C.[CH2-]CCCCO[Si](c1ccccc1)(c1ccccc1)C(C)(C)C.[Zn+2]. The Morgan fingerprint density at radius 3 is 0.851 bits per heavy atom. The molecule has 0 atom stereocenters. The molecular formula is C42H58O2Si2Zn. The maximum atomic E-state index is 6.78. The van der Waals surface area contributed by atoms with Gasteiger partial charge in [-0.05, 0) is 43.7 Å². The van der Waals surface area contributed by atoms with E-state index in [1.54, 1.807) is 0 Å². The van der Waals surface area contributed by atoms with E-state index in [9.17, 15) is 0 Å². The van der Waals surface area contributed by atoms with Gasteiger partial charge in [-0.25, -0.2) is 0 Å². The summed E-state index contributed by atoms with van der Waals surface area (Å²) in [5.41, 5.74) is 0. The Kier molecular flexibility index (Phi) is 17.2. The number of rotatable bonds is 14. The summed E-state index contributed by atoms with van der Waals surface area (Å²) in [5.74, 6) is 0. The van der Waals surface area contributed by atoms with E-state index in [1.165, 1.54) is 20.7 Å². The molecule has 0 bridgehead atoms. The zero-order chi connectivity index (χ0) is 33.5. The predicted octanol–water partition coefficient (Wildman–Crippen LogP) is 9.13. The van der Waals surface area contributed by atoms with E-state index < -0.39 is 16.6 Å². The second-order valence-electron chi connectivity index (χ2n) is 14.1. The van der Waals surface area contributed by atoms with Gasteiger partial charge in [0.05, 0.1) is 0 Å². The van der Waals surface area contributed by atoms with Crippen LogP contribution in [-0.4, -0.2) is 29.8 Å². The van der Waals surface area contributed by atoms with Gasteiger partial charge < -0.3 is 22.7 Å². The molecule has 47 heavy (non-hydrogen) atoms. The van der Waals surface area contributed by atoms with E-state index in [1.807, 2.05) is 0 Å². The molecule has 0 aromatic heterocycles. The van der Waals surface area contributed by atoms with Crippen molar-refractivity contribution >= 4 is 37.4 Å². The molecule has 0 fully saturated rings. The average Bonchev–Trinajstić information content (AvgIpc) is 3.06. The molecule has 0 amide bonds. The first-order valence-corrected chi connectivity index (χ1v) is 20.9. The van der Waals surface area contributed by atoms with Crippen LogP contribution < -0.4 is 20.7 Å². The Morgan fingerprint density at radius 2 is 0.660 bits per heavy atom. The van der Waals surface area contributed by atoms with Crippen molar-refractivity contribution in [2.75, 3.05) is 13.2 Å². The summed E-state index contributed by atoms with van der Waals surface area (Å²) in [7, 11) is -4.64. The largest absolute Gasteiger partial charge is 2.00 e. The van der Waals surface area contributed by atoms with Crippen LogP contribution >= 0.6 is 0 Å². The normalized spacial score (nSPS) is 12.1. The Labute approximate surface area is 302 Å². The summed E-state index contributed by atoms with van der Waals surface area (Å²) < 4.78 is 13.6. The summed E-state index contributed by atoms with van der Waals surface area (Å²) in [6.45, 7) is 23.4. The molecule has 0 radical (unpaired) electrons. The van der Waals surface area contributed by atoms with Crippen LogP contribution in [0.15, 0.2) is 121 Å². The predicted molar refractivity (Wildman–Crippen MR) is 206 cm³/mol. The molecular weight excluding hydrogens is 658 g/mol. The first kappa shape index (κ1) is 41.0. The van der Waals surface area contributed by atoms with E-state index in [4.69, 9.17) is 8.85 Å². The van der Waals surface area contributed by atoms with E-state index in [2.05, 4.69) is 177 Å². The van der Waals surface area contributed by atoms with Gasteiger partial charge in [0.2, 0.25) is 0 Å². The van der Waals surface area contributed by atoms with Crippen LogP contribution in [-0.2, 0) is 28.3 Å². The van der Waals surface area contributed by atoms with Gasteiger partial charge >= 0.3 is 19.5 Å². The summed E-state index contributed by atoms with van der Waals surface area (Å²) >= 11 is 0. The van der Waals surface area contributed by atoms with Crippen molar-refractivity contribution in [1.29, 1.82) is 0 Å². The van der Waals surface area contributed by atoms with Crippen molar-refractivity contribution in [1.82, 2.24) is 0 Å². The molecule has 0 heterocycles. The maximum absolute atomic E-state index is 6.78. The molecule has 0 N–H and O–H groups in total. The molecule has 4 aromatic carbocycles. The van der Waals surface area contributed by atoms with Crippen molar-refractivity contribution in [3.63, 3.8) is 0 Å². The fourth-order valence-electron chi connectivity index (χ4n) is 6.53. The van der Waals surface area contributed by atoms with Gasteiger partial charge in [0.25, 0.3) is 16.6 Å². The topological polar surface area (TPSA) is 18.5 Å². The van der Waals surface area contributed by atoms with Crippen LogP contribution in [0, 0.1) is 13.8 Å². The zero-order valence-electron chi connectivity index (χ0n) is 30.1. The van der Waals surface area contributed by atoms with Crippen molar-refractivity contribution in [3.8, 4) is 0 Å². The number of hydrogen-bond donors (Lipinski definition) is 0. The molecule has 0 aliphatic carbocycles. The molecule has 248 valence electrons. The minimum Gasteiger partial charge on any atom is -0.407 e. The van der Waals surface area contributed by atoms with Crippen LogP contribution in [0.4, 0.5) is 0 Å². The van der Waals surface area contributed by atoms with Crippen molar-refractivity contribution in [2.24, 2.45) is 0 Å². The summed E-state index contributed by atoms with van der Waals surface area (Å²) in [6.07, 6.45) is 6.35. The van der Waals surface area contributed by atoms with Gasteiger partial charge in [0.1, 0.15) is 0 Å². The van der Waals surface area contributed by atoms with Crippen molar-refractivity contribution < 1.29 is 28.3 Å². The first-order valence-electron chi connectivity index (χ1n) is 17.1. The molecule has 0 spiro atoms. The van der Waals surface area contributed by atoms with E-state index in [0.29, 0.717) is 0 Å². The van der Waals surface area contributed by atoms with Gasteiger partial charge in [-0.2, -0.15) is 12.8 Å². The summed E-state index contributed by atoms with van der Waals surface area (Å²) in [6, 6.07) is 43.3. The van der Waals surface area contributed by atoms with Crippen LogP contribution in [0.5, 0.6) is 0 Å². The third-order valence-electron chi connectivity index (χ3n) is 8.76. The second kappa shape index (κ2) is 19.8. The van der Waals surface area contributed by atoms with Gasteiger partial charge in [-0.3, -0.25) is 0 Å². The fourth-order valence-corrected chi connectivity index (χ4v) is 15.7. The van der Waals surface area contributed by atoms with Gasteiger partial charge in [0.15, 0.2) is 0 Å². The molecule has 0 saturated carbocycles. The maximum Gasteiger partial charge on any atom is 2.00 e. The average molecular weight is 716 g/mol. The minimum absolute atomic E-state index is 0. The summed E-state index contributed by atoms with van der Waals surface area (Å²) in [4.78, 5) is 0. The third-order valence-corrected chi connectivity index (χ3v) is 18.8. The Bertz CT molecular complexity index is 1180. The molecule has 4 rings (SSSR count). The Balaban J connectivity index is 0.000000320. The molecule has 0 unspecified atom stereocenters. The third kappa shape index (κ3) is 10.4. The molecule has 5 heteroatoms. The molecule has 0 aliphatic heterocycles. The minimum atomic E-state index is -2.32. The van der Waals surface area contributed by atoms with Crippen molar-refractivity contribution in [2.45, 2.75) is 90.1 Å². The molecule has 2 nitrogen and oxygen atoms in total. The Morgan fingerprint density at radius 1 is 0.426 bits per heavy atom. The Hall–Kier alpha value is -2.14. The standard InChI is InChI=1S/2C21H29OSi.Zn/c2*1-5-6-13-18-22-23(21(2,3)4,19-14-9-7-10-15-19)20-16-11-8-12-17-20;/h2*7-12,14-17H,1,5-6,13,18H2,2-4H3;/q2*-1;+2. The van der Waals surface area contributed by atoms with Gasteiger partial charge in [0, 0.05) is 13.2 Å². The summed E-state index contributed by atoms with van der Waals surface area (Å²) in [5, 5.41) is 5.56. The van der Waals surface area contributed by atoms with E-state index in [-0.39, 0.29) is 29.6 Å². The number of hydrogen-bond acceptors (Lipinski definition) is 2. The molecule has 4 aromatic rings. The zero-order valence-corrected chi connectivity index (χ0v) is 35.1. The fraction of sp³-hybridized carbons (Fsp3) is 0.381. The van der Waals surface area contributed by atoms with Crippen molar-refractivity contribution in [3.05, 3.63) is 135 Å². The van der Waals surface area contributed by atoms with Gasteiger partial charge in [-0.15, -0.1) is 0 Å². The number of benzene rings is 4. The van der Waals surface area contributed by atoms with Crippen LogP contribution in [0.1, 0.15) is 80.1 Å².